The van der Waals surface area contributed by atoms with Crippen LogP contribution in [-0.4, -0.2) is 51.3 Å². The molecule has 5 rings (SSSR count). The van der Waals surface area contributed by atoms with Gasteiger partial charge in [0.15, 0.2) is 0 Å². The van der Waals surface area contributed by atoms with Crippen LogP contribution in [0.15, 0.2) is 73.1 Å². The second kappa shape index (κ2) is 10.6. The van der Waals surface area contributed by atoms with Crippen molar-refractivity contribution in [3.05, 3.63) is 101 Å². The van der Waals surface area contributed by atoms with Gasteiger partial charge in [-0.05, 0) is 60.9 Å². The van der Waals surface area contributed by atoms with E-state index in [0.29, 0.717) is 30.0 Å². The monoisotopic (exact) mass is 479 g/mol. The van der Waals surface area contributed by atoms with Crippen LogP contribution in [0.2, 0.25) is 0 Å². The van der Waals surface area contributed by atoms with Crippen LogP contribution in [0, 0.1) is 18.3 Å². The summed E-state index contributed by atoms with van der Waals surface area (Å²) in [4.78, 5) is 22.2. The normalized spacial score (nSPS) is 14.4. The van der Waals surface area contributed by atoms with Crippen LogP contribution in [0.5, 0.6) is 5.75 Å². The Morgan fingerprint density at radius 2 is 1.89 bits per heavy atom. The van der Waals surface area contributed by atoms with Gasteiger partial charge in [0, 0.05) is 50.7 Å². The zero-order valence-electron chi connectivity index (χ0n) is 20.4. The highest BCUT2D eigenvalue weighted by molar-refractivity contribution is 5.94. The molecule has 0 unspecified atom stereocenters. The number of ether oxygens (including phenoxy) is 1. The number of amides is 1. The molecule has 1 fully saturated rings. The van der Waals surface area contributed by atoms with Crippen LogP contribution in [0.4, 0.5) is 0 Å². The van der Waals surface area contributed by atoms with Crippen molar-refractivity contribution in [2.24, 2.45) is 0 Å². The van der Waals surface area contributed by atoms with E-state index < -0.39 is 0 Å². The highest BCUT2D eigenvalue weighted by Gasteiger charge is 2.21. The Bertz CT molecular complexity index is 1400. The van der Waals surface area contributed by atoms with Crippen molar-refractivity contribution in [2.75, 3.05) is 26.2 Å². The Morgan fingerprint density at radius 1 is 1.03 bits per heavy atom. The summed E-state index contributed by atoms with van der Waals surface area (Å²) >= 11 is 0. The molecule has 0 bridgehead atoms. The number of imidazole rings is 1. The molecule has 1 amide bonds. The summed E-state index contributed by atoms with van der Waals surface area (Å²) in [7, 11) is 0. The fraction of sp³-hybridized carbons (Fsp3) is 0.276. The third kappa shape index (κ3) is 5.56. The predicted molar refractivity (Wildman–Crippen MR) is 138 cm³/mol. The summed E-state index contributed by atoms with van der Waals surface area (Å²) in [6.07, 6.45) is 4.93. The van der Waals surface area contributed by atoms with Crippen molar-refractivity contribution >= 4 is 11.6 Å². The number of hydrogen-bond donors (Lipinski definition) is 0. The van der Waals surface area contributed by atoms with Crippen LogP contribution >= 0.6 is 0 Å². The molecule has 4 aromatic rings. The van der Waals surface area contributed by atoms with Gasteiger partial charge in [-0.25, -0.2) is 4.98 Å². The maximum Gasteiger partial charge on any atom is 0.254 e. The highest BCUT2D eigenvalue weighted by atomic mass is 16.5. The summed E-state index contributed by atoms with van der Waals surface area (Å²) in [5, 5.41) is 8.99. The lowest BCUT2D eigenvalue weighted by atomic mass is 10.1. The zero-order chi connectivity index (χ0) is 24.9. The molecule has 1 saturated heterocycles. The molecule has 0 radical (unpaired) electrons. The summed E-state index contributed by atoms with van der Waals surface area (Å²) < 4.78 is 7.98. The van der Waals surface area contributed by atoms with Gasteiger partial charge >= 0.3 is 0 Å². The summed E-state index contributed by atoms with van der Waals surface area (Å²) in [6, 6.07) is 21.3. The molecule has 182 valence electrons. The second-order valence-electron chi connectivity index (χ2n) is 9.25. The van der Waals surface area contributed by atoms with Gasteiger partial charge in [0.25, 0.3) is 5.91 Å². The quantitative estimate of drug-likeness (QED) is 0.409. The molecule has 36 heavy (non-hydrogen) atoms. The maximum absolute atomic E-state index is 13.3. The Morgan fingerprint density at radius 3 is 2.72 bits per heavy atom. The molecule has 2 aromatic carbocycles. The average molecular weight is 480 g/mol. The topological polar surface area (TPSA) is 73.9 Å². The first-order valence-electron chi connectivity index (χ1n) is 12.3. The first-order valence-corrected chi connectivity index (χ1v) is 12.3. The summed E-state index contributed by atoms with van der Waals surface area (Å²) in [6.45, 7) is 6.37. The van der Waals surface area contributed by atoms with E-state index in [1.807, 2.05) is 82.4 Å². The number of pyridine rings is 1. The van der Waals surface area contributed by atoms with Gasteiger partial charge in [-0.3, -0.25) is 9.69 Å². The highest BCUT2D eigenvalue weighted by Crippen LogP contribution is 2.19. The zero-order valence-corrected chi connectivity index (χ0v) is 20.4. The van der Waals surface area contributed by atoms with Gasteiger partial charge in [0.1, 0.15) is 18.0 Å². The van der Waals surface area contributed by atoms with E-state index in [0.717, 1.165) is 43.9 Å². The smallest absolute Gasteiger partial charge is 0.254 e. The minimum Gasteiger partial charge on any atom is -0.487 e. The first-order chi connectivity index (χ1) is 17.6. The number of nitrogens with zero attached hydrogens (tertiary/aromatic N) is 5. The molecule has 3 heterocycles. The molecule has 0 N–H and O–H groups in total. The molecular formula is C29H29N5O2. The van der Waals surface area contributed by atoms with Crippen LogP contribution in [0.25, 0.3) is 5.65 Å². The molecular weight excluding hydrogens is 450 g/mol. The minimum atomic E-state index is 0.0314. The van der Waals surface area contributed by atoms with Gasteiger partial charge < -0.3 is 14.0 Å². The maximum atomic E-state index is 13.3. The third-order valence-corrected chi connectivity index (χ3v) is 6.48. The van der Waals surface area contributed by atoms with E-state index in [1.165, 1.54) is 11.1 Å². The molecule has 0 atom stereocenters. The van der Waals surface area contributed by atoms with Gasteiger partial charge in [-0.1, -0.05) is 24.3 Å². The van der Waals surface area contributed by atoms with E-state index in [1.54, 1.807) is 0 Å². The van der Waals surface area contributed by atoms with Gasteiger partial charge in [-0.2, -0.15) is 5.26 Å². The van der Waals surface area contributed by atoms with Crippen LogP contribution in [0.3, 0.4) is 0 Å². The Balaban J connectivity index is 1.18. The molecule has 7 heteroatoms. The summed E-state index contributed by atoms with van der Waals surface area (Å²) in [5.41, 5.74) is 5.39. The lowest BCUT2D eigenvalue weighted by Gasteiger charge is -2.22. The lowest BCUT2D eigenvalue weighted by molar-refractivity contribution is 0.0760. The fourth-order valence-electron chi connectivity index (χ4n) is 4.56. The predicted octanol–water partition coefficient (Wildman–Crippen LogP) is 4.44. The second-order valence-corrected chi connectivity index (χ2v) is 9.25. The molecule has 1 aliphatic rings. The van der Waals surface area contributed by atoms with Gasteiger partial charge in [-0.15, -0.1) is 0 Å². The van der Waals surface area contributed by atoms with Crippen LogP contribution in [0.1, 0.15) is 39.2 Å². The van der Waals surface area contributed by atoms with Crippen molar-refractivity contribution in [1.29, 1.82) is 5.26 Å². The molecule has 7 nitrogen and oxygen atoms in total. The lowest BCUT2D eigenvalue weighted by Crippen LogP contribution is -2.35. The molecule has 0 saturated carbocycles. The number of fused-ring (bicyclic) bond motifs is 1. The van der Waals surface area contributed by atoms with Crippen molar-refractivity contribution in [3.63, 3.8) is 0 Å². The van der Waals surface area contributed by atoms with Crippen molar-refractivity contribution in [1.82, 2.24) is 19.2 Å². The van der Waals surface area contributed by atoms with Gasteiger partial charge in [0.2, 0.25) is 0 Å². The fourth-order valence-corrected chi connectivity index (χ4v) is 4.56. The van der Waals surface area contributed by atoms with E-state index in [9.17, 15) is 4.79 Å². The molecule has 2 aromatic heterocycles. The average Bonchev–Trinajstić information content (AvgIpc) is 3.16. The van der Waals surface area contributed by atoms with Crippen molar-refractivity contribution < 1.29 is 9.53 Å². The number of aryl methyl sites for hydroxylation is 1. The van der Waals surface area contributed by atoms with Crippen LogP contribution in [-0.2, 0) is 13.2 Å². The number of carbonyl (C=O) groups excluding carboxylic acids is 1. The van der Waals surface area contributed by atoms with E-state index in [2.05, 4.69) is 22.9 Å². The number of rotatable bonds is 6. The largest absolute Gasteiger partial charge is 0.487 e. The first kappa shape index (κ1) is 23.6. The standard InChI is InChI=1S/C29H29N5O2/c1-22-6-11-28-31-26(20-34(28)18-22)21-36-27-5-2-4-25(16-27)29(35)33-13-3-12-32(14-15-33)19-24-9-7-23(17-30)8-10-24/h2,4-11,16,18,20H,3,12-15,19,21H2,1H3. The Hall–Kier alpha value is -4.15. The molecule has 1 aliphatic heterocycles. The van der Waals surface area contributed by atoms with Gasteiger partial charge in [0.05, 0.1) is 17.3 Å². The van der Waals surface area contributed by atoms with Crippen molar-refractivity contribution in [2.45, 2.75) is 26.5 Å². The van der Waals surface area contributed by atoms with Crippen molar-refractivity contribution in [3.8, 4) is 11.8 Å². The summed E-state index contributed by atoms with van der Waals surface area (Å²) in [5.74, 6) is 0.690. The Kier molecular flexibility index (Phi) is 6.96. The van der Waals surface area contributed by atoms with E-state index >= 15 is 0 Å². The Labute approximate surface area is 211 Å². The SMILES string of the molecule is Cc1ccc2nc(COc3cccc(C(=O)N4CCCN(Cc5ccc(C#N)cc5)CC4)c3)cn2c1. The number of carbonyl (C=O) groups is 1. The number of hydrogen-bond acceptors (Lipinski definition) is 5. The minimum absolute atomic E-state index is 0.0314. The third-order valence-electron chi connectivity index (χ3n) is 6.48. The number of aromatic nitrogens is 2. The molecule has 0 spiro atoms. The van der Waals surface area contributed by atoms with E-state index in [-0.39, 0.29) is 5.91 Å². The number of nitriles is 1. The number of benzene rings is 2. The van der Waals surface area contributed by atoms with E-state index in [4.69, 9.17) is 10.00 Å². The van der Waals surface area contributed by atoms with Crippen LogP contribution < -0.4 is 4.74 Å². The molecule has 0 aliphatic carbocycles.